The number of hydrogen-bond acceptors (Lipinski definition) is 3. The minimum atomic E-state index is 0.772. The molecule has 3 nitrogen and oxygen atoms in total. The Morgan fingerprint density at radius 2 is 2.15 bits per heavy atom. The molecule has 0 bridgehead atoms. The smallest absolute Gasteiger partial charge is 0.154 e. The van der Waals surface area contributed by atoms with Crippen LogP contribution in [0.2, 0.25) is 0 Å². The number of fused-ring (bicyclic) bond motifs is 3. The largest absolute Gasteiger partial charge is 0.462 e. The lowest BCUT2D eigenvalue weighted by atomic mass is 10.1. The highest BCUT2D eigenvalue weighted by atomic mass is 16.3. The quantitative estimate of drug-likeness (QED) is 0.519. The van der Waals surface area contributed by atoms with Gasteiger partial charge in [-0.15, -0.1) is 0 Å². The molecule has 0 N–H and O–H groups in total. The van der Waals surface area contributed by atoms with Crippen LogP contribution in [-0.2, 0) is 0 Å². The van der Waals surface area contributed by atoms with Crippen molar-refractivity contribution >= 4 is 11.0 Å². The number of rotatable bonds is 0. The van der Waals surface area contributed by atoms with Crippen molar-refractivity contribution in [1.82, 2.24) is 9.97 Å². The van der Waals surface area contributed by atoms with Crippen molar-refractivity contribution in [3.05, 3.63) is 37.0 Å². The summed E-state index contributed by atoms with van der Waals surface area (Å²) in [6.07, 6.45) is 6.92. The zero-order valence-corrected chi connectivity index (χ0v) is 6.77. The van der Waals surface area contributed by atoms with Crippen LogP contribution in [0.25, 0.3) is 22.2 Å². The summed E-state index contributed by atoms with van der Waals surface area (Å²) in [7, 11) is 0. The van der Waals surface area contributed by atoms with E-state index in [1.165, 1.54) is 0 Å². The van der Waals surface area contributed by atoms with Gasteiger partial charge in [0.2, 0.25) is 0 Å². The second kappa shape index (κ2) is 2.29. The SMILES string of the molecule is c1cc2c3nccc-3coc2cn1. The summed E-state index contributed by atoms with van der Waals surface area (Å²) >= 11 is 0. The first kappa shape index (κ1) is 6.60. The van der Waals surface area contributed by atoms with Gasteiger partial charge in [0.25, 0.3) is 0 Å². The summed E-state index contributed by atoms with van der Waals surface area (Å²) in [6, 6.07) is 3.84. The van der Waals surface area contributed by atoms with E-state index in [2.05, 4.69) is 9.97 Å². The van der Waals surface area contributed by atoms with Crippen LogP contribution >= 0.6 is 0 Å². The van der Waals surface area contributed by atoms with E-state index >= 15 is 0 Å². The van der Waals surface area contributed by atoms with Gasteiger partial charge in [-0.3, -0.25) is 9.97 Å². The first-order valence-electron chi connectivity index (χ1n) is 4.01. The van der Waals surface area contributed by atoms with E-state index in [4.69, 9.17) is 4.42 Å². The lowest BCUT2D eigenvalue weighted by Gasteiger charge is -2.00. The lowest BCUT2D eigenvalue weighted by Crippen LogP contribution is -1.81. The third-order valence-corrected chi connectivity index (χ3v) is 2.08. The first-order valence-corrected chi connectivity index (χ1v) is 4.01. The van der Waals surface area contributed by atoms with Crippen LogP contribution in [-0.4, -0.2) is 9.97 Å². The van der Waals surface area contributed by atoms with Gasteiger partial charge in [0.1, 0.15) is 6.26 Å². The maximum Gasteiger partial charge on any atom is 0.154 e. The van der Waals surface area contributed by atoms with Crippen molar-refractivity contribution in [2.45, 2.75) is 0 Å². The molecule has 3 heteroatoms. The third kappa shape index (κ3) is 0.839. The Morgan fingerprint density at radius 1 is 1.15 bits per heavy atom. The first-order chi connectivity index (χ1) is 6.45. The number of aromatic nitrogens is 2. The predicted molar refractivity (Wildman–Crippen MR) is 48.4 cm³/mol. The molecule has 0 fully saturated rings. The van der Waals surface area contributed by atoms with Crippen molar-refractivity contribution in [1.29, 1.82) is 0 Å². The molecule has 0 aliphatic carbocycles. The summed E-state index contributed by atoms with van der Waals surface area (Å²) in [6.45, 7) is 0. The maximum absolute atomic E-state index is 5.38. The van der Waals surface area contributed by atoms with Gasteiger partial charge in [0.05, 0.1) is 11.9 Å². The molecule has 62 valence electrons. The Morgan fingerprint density at radius 3 is 3.15 bits per heavy atom. The van der Waals surface area contributed by atoms with Crippen LogP contribution in [0.1, 0.15) is 0 Å². The molecule has 0 spiro atoms. The molecule has 3 heterocycles. The van der Waals surface area contributed by atoms with Crippen molar-refractivity contribution < 1.29 is 4.42 Å². The van der Waals surface area contributed by atoms with Gasteiger partial charge in [-0.2, -0.15) is 0 Å². The van der Waals surface area contributed by atoms with E-state index in [-0.39, 0.29) is 0 Å². The Bertz CT molecular complexity index is 529. The molecule has 0 saturated heterocycles. The standard InChI is InChI=1S/C10H6N2O/c1-4-12-10-7(1)6-13-9-5-11-3-2-8(9)10/h1-6H. The van der Waals surface area contributed by atoms with Gasteiger partial charge in [0, 0.05) is 23.3 Å². The fraction of sp³-hybridized carbons (Fsp3) is 0. The van der Waals surface area contributed by atoms with E-state index in [1.54, 1.807) is 24.9 Å². The predicted octanol–water partition coefficient (Wildman–Crippen LogP) is 2.33. The molecule has 2 aliphatic rings. The molecule has 0 amide bonds. The normalized spacial score (nSPS) is 11.1. The number of pyridine rings is 1. The van der Waals surface area contributed by atoms with Crippen LogP contribution in [0.15, 0.2) is 41.4 Å². The van der Waals surface area contributed by atoms with E-state index in [0.717, 1.165) is 22.2 Å². The Kier molecular flexibility index (Phi) is 1.16. The van der Waals surface area contributed by atoms with Crippen molar-refractivity contribution in [3.63, 3.8) is 0 Å². The second-order valence-electron chi connectivity index (χ2n) is 2.86. The molecule has 3 rings (SSSR count). The average molecular weight is 170 g/mol. The van der Waals surface area contributed by atoms with Gasteiger partial charge < -0.3 is 4.42 Å². The highest BCUT2D eigenvalue weighted by Gasteiger charge is 2.09. The highest BCUT2D eigenvalue weighted by Crippen LogP contribution is 2.28. The topological polar surface area (TPSA) is 38.9 Å². The van der Waals surface area contributed by atoms with Crippen LogP contribution in [0, 0.1) is 0 Å². The van der Waals surface area contributed by atoms with Crippen LogP contribution in [0.5, 0.6) is 0 Å². The van der Waals surface area contributed by atoms with Crippen LogP contribution < -0.4 is 0 Å². The van der Waals surface area contributed by atoms with Crippen molar-refractivity contribution in [2.24, 2.45) is 0 Å². The zero-order chi connectivity index (χ0) is 8.67. The van der Waals surface area contributed by atoms with Gasteiger partial charge in [-0.25, -0.2) is 0 Å². The summed E-state index contributed by atoms with van der Waals surface area (Å²) in [5.74, 6) is 0. The monoisotopic (exact) mass is 170 g/mol. The molecule has 1 aromatic rings. The van der Waals surface area contributed by atoms with E-state index in [0.29, 0.717) is 0 Å². The Hall–Kier alpha value is -1.90. The molecule has 0 radical (unpaired) electrons. The van der Waals surface area contributed by atoms with Gasteiger partial charge in [-0.1, -0.05) is 0 Å². The third-order valence-electron chi connectivity index (χ3n) is 2.08. The molecule has 1 aromatic heterocycles. The minimum Gasteiger partial charge on any atom is -0.462 e. The van der Waals surface area contributed by atoms with Crippen LogP contribution in [0.3, 0.4) is 0 Å². The highest BCUT2D eigenvalue weighted by molar-refractivity contribution is 5.91. The molecule has 0 atom stereocenters. The van der Waals surface area contributed by atoms with E-state index in [1.807, 2.05) is 12.1 Å². The van der Waals surface area contributed by atoms with Gasteiger partial charge >= 0.3 is 0 Å². The summed E-state index contributed by atoms with van der Waals surface area (Å²) in [5.41, 5.74) is 2.77. The fourth-order valence-electron chi connectivity index (χ4n) is 1.46. The average Bonchev–Trinajstić information content (AvgIpc) is 2.65. The lowest BCUT2D eigenvalue weighted by molar-refractivity contribution is 0.603. The molecule has 0 unspecified atom stereocenters. The number of nitrogens with zero attached hydrogens (tertiary/aromatic N) is 2. The molecule has 0 saturated carbocycles. The summed E-state index contributed by atoms with van der Waals surface area (Å²) < 4.78 is 5.38. The zero-order valence-electron chi connectivity index (χ0n) is 6.77. The fourth-order valence-corrected chi connectivity index (χ4v) is 1.46. The second-order valence-corrected chi connectivity index (χ2v) is 2.86. The molecular formula is C10H6N2O. The Labute approximate surface area is 74.4 Å². The van der Waals surface area contributed by atoms with Gasteiger partial charge in [0.15, 0.2) is 5.58 Å². The molecule has 13 heavy (non-hydrogen) atoms. The molecule has 0 aromatic carbocycles. The summed E-state index contributed by atoms with van der Waals surface area (Å²) in [5, 5.41) is 1.01. The molecule has 2 aliphatic heterocycles. The van der Waals surface area contributed by atoms with Crippen LogP contribution in [0.4, 0.5) is 0 Å². The minimum absolute atomic E-state index is 0.772. The van der Waals surface area contributed by atoms with E-state index in [9.17, 15) is 0 Å². The van der Waals surface area contributed by atoms with Crippen molar-refractivity contribution in [2.75, 3.05) is 0 Å². The van der Waals surface area contributed by atoms with E-state index < -0.39 is 0 Å². The summed E-state index contributed by atoms with van der Waals surface area (Å²) in [4.78, 5) is 8.24. The van der Waals surface area contributed by atoms with Gasteiger partial charge in [-0.05, 0) is 12.1 Å². The van der Waals surface area contributed by atoms with Crippen molar-refractivity contribution in [3.8, 4) is 11.3 Å². The number of hydrogen-bond donors (Lipinski definition) is 0. The maximum atomic E-state index is 5.38. The molecular weight excluding hydrogens is 164 g/mol. The Balaban J connectivity index is 2.57.